The fraction of sp³-hybridized carbons (Fsp3) is 0.231. The molecule has 0 amide bonds. The van der Waals surface area contributed by atoms with E-state index in [2.05, 4.69) is 16.8 Å². The van der Waals surface area contributed by atoms with Gasteiger partial charge >= 0.3 is 0 Å². The molecule has 0 aliphatic carbocycles. The van der Waals surface area contributed by atoms with Crippen LogP contribution in [0.4, 0.5) is 4.39 Å². The molecular formula is C13H13ClFNS. The Bertz CT molecular complexity index is 470. The molecule has 1 aromatic carbocycles. The summed E-state index contributed by atoms with van der Waals surface area (Å²) in [7, 11) is 0. The SMILES string of the molecule is Fc1ccc(Cl)c(CNCCc2cccs2)c1. The minimum absolute atomic E-state index is 0.246. The molecule has 0 aliphatic rings. The maximum absolute atomic E-state index is 13.0. The molecule has 0 atom stereocenters. The van der Waals surface area contributed by atoms with Gasteiger partial charge in [0.15, 0.2) is 0 Å². The molecule has 0 saturated carbocycles. The maximum Gasteiger partial charge on any atom is 0.123 e. The van der Waals surface area contributed by atoms with Crippen LogP contribution in [0.15, 0.2) is 35.7 Å². The predicted octanol–water partition coefficient (Wildman–Crippen LogP) is 3.87. The van der Waals surface area contributed by atoms with E-state index >= 15 is 0 Å². The van der Waals surface area contributed by atoms with Crippen molar-refractivity contribution in [2.45, 2.75) is 13.0 Å². The normalized spacial score (nSPS) is 10.7. The van der Waals surface area contributed by atoms with Crippen LogP contribution in [-0.4, -0.2) is 6.54 Å². The quantitative estimate of drug-likeness (QED) is 0.813. The van der Waals surface area contributed by atoms with Crippen LogP contribution in [0.2, 0.25) is 5.02 Å². The lowest BCUT2D eigenvalue weighted by atomic mass is 10.2. The van der Waals surface area contributed by atoms with Crippen LogP contribution in [-0.2, 0) is 13.0 Å². The molecule has 1 nitrogen and oxygen atoms in total. The minimum Gasteiger partial charge on any atom is -0.312 e. The van der Waals surface area contributed by atoms with Crippen molar-refractivity contribution in [1.29, 1.82) is 0 Å². The second kappa shape index (κ2) is 6.15. The van der Waals surface area contributed by atoms with E-state index in [0.717, 1.165) is 18.5 Å². The molecule has 0 fully saturated rings. The van der Waals surface area contributed by atoms with Gasteiger partial charge in [0.05, 0.1) is 0 Å². The molecule has 4 heteroatoms. The Morgan fingerprint density at radius 1 is 1.29 bits per heavy atom. The van der Waals surface area contributed by atoms with Crippen molar-refractivity contribution >= 4 is 22.9 Å². The number of hydrogen-bond donors (Lipinski definition) is 1. The molecule has 1 N–H and O–H groups in total. The average molecular weight is 270 g/mol. The standard InChI is InChI=1S/C13H13ClFNS/c14-13-4-3-11(15)8-10(13)9-16-6-5-12-2-1-7-17-12/h1-4,7-8,16H,5-6,9H2. The van der Waals surface area contributed by atoms with Gasteiger partial charge in [0.25, 0.3) is 0 Å². The van der Waals surface area contributed by atoms with Crippen LogP contribution in [0.5, 0.6) is 0 Å². The highest BCUT2D eigenvalue weighted by Gasteiger charge is 2.01. The van der Waals surface area contributed by atoms with Crippen molar-refractivity contribution in [1.82, 2.24) is 5.32 Å². The highest BCUT2D eigenvalue weighted by molar-refractivity contribution is 7.09. The highest BCUT2D eigenvalue weighted by atomic mass is 35.5. The van der Waals surface area contributed by atoms with E-state index in [1.807, 2.05) is 6.07 Å². The Hall–Kier alpha value is -0.900. The highest BCUT2D eigenvalue weighted by Crippen LogP contribution is 2.16. The van der Waals surface area contributed by atoms with Crippen molar-refractivity contribution < 1.29 is 4.39 Å². The van der Waals surface area contributed by atoms with Gasteiger partial charge in [-0.15, -0.1) is 11.3 Å². The van der Waals surface area contributed by atoms with E-state index in [4.69, 9.17) is 11.6 Å². The third-order valence-corrected chi connectivity index (χ3v) is 3.76. The zero-order valence-electron chi connectivity index (χ0n) is 9.25. The number of halogens is 2. The van der Waals surface area contributed by atoms with E-state index in [1.54, 1.807) is 17.4 Å². The summed E-state index contributed by atoms with van der Waals surface area (Å²) in [6.07, 6.45) is 0.991. The number of hydrogen-bond acceptors (Lipinski definition) is 2. The van der Waals surface area contributed by atoms with Gasteiger partial charge < -0.3 is 5.32 Å². The van der Waals surface area contributed by atoms with Gasteiger partial charge in [-0.25, -0.2) is 4.39 Å². The van der Waals surface area contributed by atoms with Crippen molar-refractivity contribution in [3.05, 3.63) is 57.0 Å². The molecule has 0 spiro atoms. The first-order valence-corrected chi connectivity index (χ1v) is 6.68. The summed E-state index contributed by atoms with van der Waals surface area (Å²) in [6.45, 7) is 1.47. The summed E-state index contributed by atoms with van der Waals surface area (Å²) in [4.78, 5) is 1.35. The Morgan fingerprint density at radius 2 is 2.18 bits per heavy atom. The predicted molar refractivity (Wildman–Crippen MR) is 71.1 cm³/mol. The van der Waals surface area contributed by atoms with Crippen LogP contribution < -0.4 is 5.32 Å². The molecule has 0 radical (unpaired) electrons. The molecule has 2 aromatic rings. The topological polar surface area (TPSA) is 12.0 Å². The fourth-order valence-corrected chi connectivity index (χ4v) is 2.46. The van der Waals surface area contributed by atoms with Crippen LogP contribution >= 0.6 is 22.9 Å². The zero-order valence-corrected chi connectivity index (χ0v) is 10.8. The first-order valence-electron chi connectivity index (χ1n) is 5.43. The molecule has 1 heterocycles. The Labute approximate surface area is 109 Å². The summed E-state index contributed by atoms with van der Waals surface area (Å²) in [5.74, 6) is -0.246. The summed E-state index contributed by atoms with van der Waals surface area (Å²) in [5.41, 5.74) is 0.804. The van der Waals surface area contributed by atoms with Crippen LogP contribution in [0.25, 0.3) is 0 Å². The molecular weight excluding hydrogens is 257 g/mol. The monoisotopic (exact) mass is 269 g/mol. The first-order chi connectivity index (χ1) is 8.25. The largest absolute Gasteiger partial charge is 0.312 e. The van der Waals surface area contributed by atoms with Gasteiger partial charge in [0, 0.05) is 23.0 Å². The van der Waals surface area contributed by atoms with E-state index < -0.39 is 0 Å². The lowest BCUT2D eigenvalue weighted by molar-refractivity contribution is 0.620. The van der Waals surface area contributed by atoms with E-state index in [1.165, 1.54) is 17.0 Å². The molecule has 17 heavy (non-hydrogen) atoms. The van der Waals surface area contributed by atoms with Gasteiger partial charge in [-0.1, -0.05) is 17.7 Å². The number of thiophene rings is 1. The van der Waals surface area contributed by atoms with Crippen molar-refractivity contribution in [3.8, 4) is 0 Å². The molecule has 0 aliphatic heterocycles. The lowest BCUT2D eigenvalue weighted by Gasteiger charge is -2.06. The summed E-state index contributed by atoms with van der Waals surface area (Å²) >= 11 is 7.72. The number of nitrogens with one attached hydrogen (secondary N) is 1. The molecule has 1 aromatic heterocycles. The van der Waals surface area contributed by atoms with Crippen molar-refractivity contribution in [3.63, 3.8) is 0 Å². The Kier molecular flexibility index (Phi) is 4.54. The third kappa shape index (κ3) is 3.80. The van der Waals surface area contributed by atoms with E-state index in [-0.39, 0.29) is 5.82 Å². The van der Waals surface area contributed by atoms with Crippen LogP contribution in [0, 0.1) is 5.82 Å². The zero-order chi connectivity index (χ0) is 12.1. The summed E-state index contributed by atoms with van der Waals surface area (Å²) in [5, 5.41) is 5.94. The smallest absolute Gasteiger partial charge is 0.123 e. The third-order valence-electron chi connectivity index (χ3n) is 2.45. The van der Waals surface area contributed by atoms with Gasteiger partial charge in [0.1, 0.15) is 5.82 Å². The molecule has 0 unspecified atom stereocenters. The first kappa shape index (κ1) is 12.6. The van der Waals surface area contributed by atoms with Gasteiger partial charge in [-0.3, -0.25) is 0 Å². The Balaban J connectivity index is 1.80. The summed E-state index contributed by atoms with van der Waals surface area (Å²) in [6, 6.07) is 8.59. The molecule has 0 bridgehead atoms. The second-order valence-electron chi connectivity index (χ2n) is 3.74. The minimum atomic E-state index is -0.246. The van der Waals surface area contributed by atoms with Gasteiger partial charge in [-0.2, -0.15) is 0 Å². The Morgan fingerprint density at radius 3 is 2.94 bits per heavy atom. The fourth-order valence-electron chi connectivity index (χ4n) is 1.57. The van der Waals surface area contributed by atoms with Gasteiger partial charge in [0.2, 0.25) is 0 Å². The maximum atomic E-state index is 13.0. The number of rotatable bonds is 5. The second-order valence-corrected chi connectivity index (χ2v) is 5.18. The number of benzene rings is 1. The lowest BCUT2D eigenvalue weighted by Crippen LogP contribution is -2.16. The molecule has 0 saturated heterocycles. The molecule has 2 rings (SSSR count). The van der Waals surface area contributed by atoms with Crippen molar-refractivity contribution in [2.75, 3.05) is 6.54 Å². The van der Waals surface area contributed by atoms with Crippen LogP contribution in [0.3, 0.4) is 0 Å². The summed E-state index contributed by atoms with van der Waals surface area (Å²) < 4.78 is 13.0. The van der Waals surface area contributed by atoms with Crippen molar-refractivity contribution in [2.24, 2.45) is 0 Å². The van der Waals surface area contributed by atoms with Gasteiger partial charge in [-0.05, 0) is 41.6 Å². The average Bonchev–Trinajstić information content (AvgIpc) is 2.82. The van der Waals surface area contributed by atoms with Crippen LogP contribution in [0.1, 0.15) is 10.4 Å². The van der Waals surface area contributed by atoms with E-state index in [9.17, 15) is 4.39 Å². The molecule has 90 valence electrons. The van der Waals surface area contributed by atoms with E-state index in [0.29, 0.717) is 11.6 Å².